The number of aliphatic hydroxyl groups is 1. The molecule has 10 atom stereocenters. The highest BCUT2D eigenvalue weighted by molar-refractivity contribution is 9.11. The maximum Gasteiger partial charge on any atom is 0.220 e. The molecule has 200 valence electrons. The topological polar surface area (TPSA) is 66.4 Å². The summed E-state index contributed by atoms with van der Waals surface area (Å²) in [5.41, 5.74) is 0.396. The summed E-state index contributed by atoms with van der Waals surface area (Å²) >= 11 is 5.24. The van der Waals surface area contributed by atoms with Crippen LogP contribution >= 0.6 is 27.3 Å². The number of Topliss-reactive ketones (excluding diaryl/α,β-unsaturated/α-hetero) is 1. The summed E-state index contributed by atoms with van der Waals surface area (Å²) in [6, 6.07) is 4.24. The van der Waals surface area contributed by atoms with E-state index >= 15 is 0 Å². The minimum Gasteiger partial charge on any atom is -0.393 e. The van der Waals surface area contributed by atoms with E-state index in [2.05, 4.69) is 61.1 Å². The number of hydrogen-bond donors (Lipinski definition) is 2. The van der Waals surface area contributed by atoms with Crippen LogP contribution in [0.5, 0.6) is 0 Å². The van der Waals surface area contributed by atoms with E-state index in [1.54, 1.807) is 11.3 Å². The molecular formula is C30H44BrNO3S. The molecule has 0 aromatic carbocycles. The van der Waals surface area contributed by atoms with Gasteiger partial charge in [0.05, 0.1) is 15.9 Å². The third kappa shape index (κ3) is 4.55. The van der Waals surface area contributed by atoms with Gasteiger partial charge < -0.3 is 10.4 Å². The van der Waals surface area contributed by atoms with Crippen molar-refractivity contribution in [1.29, 1.82) is 0 Å². The van der Waals surface area contributed by atoms with E-state index in [0.717, 1.165) is 35.9 Å². The van der Waals surface area contributed by atoms with Gasteiger partial charge in [-0.1, -0.05) is 27.7 Å². The lowest BCUT2D eigenvalue weighted by Gasteiger charge is -2.61. The lowest BCUT2D eigenvalue weighted by atomic mass is 9.44. The van der Waals surface area contributed by atoms with Gasteiger partial charge >= 0.3 is 0 Å². The Labute approximate surface area is 229 Å². The molecule has 0 saturated heterocycles. The van der Waals surface area contributed by atoms with Crippen molar-refractivity contribution >= 4 is 39.0 Å². The van der Waals surface area contributed by atoms with Crippen molar-refractivity contribution in [2.75, 3.05) is 0 Å². The fraction of sp³-hybridized carbons (Fsp3) is 0.800. The molecular weight excluding hydrogens is 534 g/mol. The minimum absolute atomic E-state index is 0.0804. The zero-order valence-corrected chi connectivity index (χ0v) is 24.8. The van der Waals surface area contributed by atoms with Crippen molar-refractivity contribution in [2.24, 2.45) is 46.3 Å². The van der Waals surface area contributed by atoms with E-state index in [0.29, 0.717) is 54.1 Å². The first-order chi connectivity index (χ1) is 17.1. The van der Waals surface area contributed by atoms with E-state index in [1.165, 1.54) is 24.1 Å². The average molecular weight is 579 g/mol. The molecule has 0 radical (unpaired) electrons. The summed E-state index contributed by atoms with van der Waals surface area (Å²) in [7, 11) is 0. The summed E-state index contributed by atoms with van der Waals surface area (Å²) in [5, 5.41) is 14.7. The van der Waals surface area contributed by atoms with Gasteiger partial charge in [-0.05, 0) is 119 Å². The van der Waals surface area contributed by atoms with Gasteiger partial charge in [0.2, 0.25) is 5.91 Å². The molecule has 4 aliphatic carbocycles. The van der Waals surface area contributed by atoms with Gasteiger partial charge in [0.15, 0.2) is 0 Å². The van der Waals surface area contributed by atoms with Crippen LogP contribution < -0.4 is 5.32 Å². The van der Waals surface area contributed by atoms with Crippen molar-refractivity contribution in [3.8, 4) is 0 Å². The number of fused-ring (bicyclic) bond motifs is 5. The average Bonchev–Trinajstić information content (AvgIpc) is 3.41. The van der Waals surface area contributed by atoms with Gasteiger partial charge in [-0.15, -0.1) is 11.3 Å². The van der Waals surface area contributed by atoms with Gasteiger partial charge in [-0.25, -0.2) is 0 Å². The van der Waals surface area contributed by atoms with Crippen LogP contribution in [0.4, 0.5) is 0 Å². The van der Waals surface area contributed by atoms with Crippen LogP contribution in [0.15, 0.2) is 15.9 Å². The van der Waals surface area contributed by atoms with Gasteiger partial charge in [-0.2, -0.15) is 0 Å². The number of carbonyl (C=O) groups is 2. The second kappa shape index (κ2) is 10.1. The summed E-state index contributed by atoms with van der Waals surface area (Å²) in [4.78, 5) is 26.6. The van der Waals surface area contributed by atoms with Gasteiger partial charge in [0.1, 0.15) is 5.78 Å². The molecule has 4 nitrogen and oxygen atoms in total. The van der Waals surface area contributed by atoms with Crippen molar-refractivity contribution in [1.82, 2.24) is 5.32 Å². The summed E-state index contributed by atoms with van der Waals surface area (Å²) in [6.07, 6.45) is 9.09. The maximum absolute atomic E-state index is 13.1. The normalized spacial score (nSPS) is 41.7. The van der Waals surface area contributed by atoms with E-state index < -0.39 is 0 Å². The maximum atomic E-state index is 13.1. The van der Waals surface area contributed by atoms with Gasteiger partial charge in [0, 0.05) is 24.1 Å². The summed E-state index contributed by atoms with van der Waals surface area (Å²) in [6.45, 7) is 9.33. The Bertz CT molecular complexity index is 995. The number of rotatable bonds is 6. The predicted molar refractivity (Wildman–Crippen MR) is 149 cm³/mol. The monoisotopic (exact) mass is 577 g/mol. The Morgan fingerprint density at radius 1 is 1.19 bits per heavy atom. The molecule has 1 heterocycles. The Balaban J connectivity index is 1.27. The van der Waals surface area contributed by atoms with Gasteiger partial charge in [-0.3, -0.25) is 9.59 Å². The number of nitrogens with one attached hydrogen (secondary N) is 1. The fourth-order valence-corrected chi connectivity index (χ4v) is 11.1. The summed E-state index contributed by atoms with van der Waals surface area (Å²) < 4.78 is 1.10. The van der Waals surface area contributed by atoms with Crippen LogP contribution in [0.1, 0.15) is 103 Å². The zero-order valence-electron chi connectivity index (χ0n) is 22.4. The highest BCUT2D eigenvalue weighted by Crippen LogP contribution is 2.68. The van der Waals surface area contributed by atoms with Crippen LogP contribution in [0, 0.1) is 46.3 Å². The number of halogens is 1. The smallest absolute Gasteiger partial charge is 0.220 e. The number of amides is 1. The SMILES string of the molecule is CC[C@@H](NC(=O)C[C@@H](C)[C@H]1CC[C@H]2[C@@H]3[C@H](O)C[C@@H]4CC(=O)CC[C@]4(C)[C@H]3CC[C@]12C)c1ccc(Br)s1. The van der Waals surface area contributed by atoms with Crippen LogP contribution in [0.25, 0.3) is 0 Å². The number of hydrogen-bond acceptors (Lipinski definition) is 4. The van der Waals surface area contributed by atoms with Crippen LogP contribution in [0.2, 0.25) is 0 Å². The molecule has 1 aromatic heterocycles. The number of aliphatic hydroxyl groups excluding tert-OH is 1. The third-order valence-corrected chi connectivity index (χ3v) is 13.2. The lowest BCUT2D eigenvalue weighted by molar-refractivity contribution is -0.169. The van der Waals surface area contributed by atoms with E-state index in [-0.39, 0.29) is 28.9 Å². The minimum atomic E-state index is -0.281. The molecule has 0 unspecified atom stereocenters. The highest BCUT2D eigenvalue weighted by atomic mass is 79.9. The first kappa shape index (κ1) is 26.9. The largest absolute Gasteiger partial charge is 0.393 e. The molecule has 2 N–H and O–H groups in total. The van der Waals surface area contributed by atoms with Crippen molar-refractivity contribution in [2.45, 2.75) is 104 Å². The predicted octanol–water partition coefficient (Wildman–Crippen LogP) is 7.30. The fourth-order valence-electron chi connectivity index (χ4n) is 9.57. The molecule has 1 aromatic rings. The second-order valence-corrected chi connectivity index (χ2v) is 15.6. The molecule has 5 rings (SSSR count). The van der Waals surface area contributed by atoms with Crippen molar-refractivity contribution < 1.29 is 14.7 Å². The molecule has 4 aliphatic rings. The van der Waals surface area contributed by atoms with E-state index in [4.69, 9.17) is 0 Å². The molecule has 1 amide bonds. The second-order valence-electron chi connectivity index (χ2n) is 13.1. The Morgan fingerprint density at radius 3 is 2.64 bits per heavy atom. The quantitative estimate of drug-likeness (QED) is 0.372. The van der Waals surface area contributed by atoms with Crippen LogP contribution in [-0.2, 0) is 9.59 Å². The molecule has 0 spiro atoms. The number of ketones is 1. The van der Waals surface area contributed by atoms with Crippen LogP contribution in [-0.4, -0.2) is 22.9 Å². The third-order valence-electron chi connectivity index (χ3n) is 11.4. The first-order valence-corrected chi connectivity index (χ1v) is 15.9. The summed E-state index contributed by atoms with van der Waals surface area (Å²) in [5.74, 6) is 3.19. The Kier molecular flexibility index (Phi) is 7.55. The molecule has 36 heavy (non-hydrogen) atoms. The van der Waals surface area contributed by atoms with E-state index in [9.17, 15) is 14.7 Å². The molecule has 4 fully saturated rings. The molecule has 4 saturated carbocycles. The standard InChI is InChI=1S/C30H44BrNO3S/c1-5-23(25-8-9-26(31)36-25)32-27(35)14-17(2)20-6-7-21-28-22(11-13-30(20,21)4)29(3)12-10-19(33)15-18(29)16-24(28)34/h8-9,17-18,20-24,28,34H,5-7,10-16H2,1-4H3,(H,32,35)/t17-,18+,20-,21+,22+,23-,24-,28+,29+,30-/m1/s1. The van der Waals surface area contributed by atoms with Crippen molar-refractivity contribution in [3.63, 3.8) is 0 Å². The van der Waals surface area contributed by atoms with E-state index in [1.807, 2.05) is 0 Å². The number of carbonyl (C=O) groups excluding carboxylic acids is 2. The first-order valence-electron chi connectivity index (χ1n) is 14.3. The van der Waals surface area contributed by atoms with Gasteiger partial charge in [0.25, 0.3) is 0 Å². The Morgan fingerprint density at radius 2 is 1.94 bits per heavy atom. The van der Waals surface area contributed by atoms with Crippen molar-refractivity contribution in [3.05, 3.63) is 20.8 Å². The zero-order chi connectivity index (χ0) is 25.8. The number of thiophene rings is 1. The van der Waals surface area contributed by atoms with Crippen LogP contribution in [0.3, 0.4) is 0 Å². The molecule has 6 heteroatoms. The highest BCUT2D eigenvalue weighted by Gasteiger charge is 2.62. The molecule has 0 bridgehead atoms. The Hall–Kier alpha value is -0.720. The lowest BCUT2D eigenvalue weighted by Crippen LogP contribution is -2.58. The molecule has 0 aliphatic heterocycles.